The third-order valence-electron chi connectivity index (χ3n) is 4.62. The maximum absolute atomic E-state index is 5.99. The largest absolute Gasteiger partial charge is 0.493 e. The number of benzene rings is 1. The van der Waals surface area contributed by atoms with Crippen LogP contribution in [0.1, 0.15) is 24.8 Å². The maximum atomic E-state index is 5.99. The molecule has 1 aliphatic carbocycles. The van der Waals surface area contributed by atoms with E-state index in [0.717, 1.165) is 69.7 Å². The van der Waals surface area contributed by atoms with Crippen molar-refractivity contribution in [3.05, 3.63) is 29.8 Å². The average molecular weight is 474 g/mol. The molecule has 0 radical (unpaired) electrons. The minimum atomic E-state index is 0. The number of halogens is 1. The number of ether oxygens (including phenoxy) is 2. The zero-order chi connectivity index (χ0) is 17.3. The topological polar surface area (TPSA) is 72.1 Å². The monoisotopic (exact) mass is 474 g/mol. The minimum Gasteiger partial charge on any atom is -0.493 e. The van der Waals surface area contributed by atoms with Gasteiger partial charge >= 0.3 is 0 Å². The zero-order valence-electron chi connectivity index (χ0n) is 15.4. The van der Waals surface area contributed by atoms with Gasteiger partial charge in [0.1, 0.15) is 5.75 Å². The number of para-hydroxylation sites is 1. The van der Waals surface area contributed by atoms with Gasteiger partial charge in [0.15, 0.2) is 5.96 Å². The molecule has 3 rings (SSSR count). The Hall–Kier alpha value is -1.06. The van der Waals surface area contributed by atoms with Gasteiger partial charge < -0.3 is 20.5 Å². The van der Waals surface area contributed by atoms with Gasteiger partial charge in [-0.15, -0.1) is 24.0 Å². The quantitative estimate of drug-likeness (QED) is 0.249. The zero-order valence-corrected chi connectivity index (χ0v) is 17.7. The fourth-order valence-electron chi connectivity index (χ4n) is 2.84. The summed E-state index contributed by atoms with van der Waals surface area (Å²) in [5, 5.41) is 3.20. The van der Waals surface area contributed by atoms with Crippen LogP contribution in [0.5, 0.6) is 5.75 Å². The summed E-state index contributed by atoms with van der Waals surface area (Å²) in [5.41, 5.74) is 7.07. The Bertz CT molecular complexity index is 560. The summed E-state index contributed by atoms with van der Waals surface area (Å²) in [6, 6.07) is 8.08. The van der Waals surface area contributed by atoms with Gasteiger partial charge in [0.2, 0.25) is 0 Å². The van der Waals surface area contributed by atoms with Crippen LogP contribution < -0.4 is 15.8 Å². The molecule has 3 N–H and O–H groups in total. The standard InChI is InChI=1S/C19H30N4O2.HI/c20-19(21-8-3-9-23-10-12-24-13-11-23)22-14-17-4-1-2-5-18(17)25-15-16-6-7-16;/h1-2,4-5,16H,3,6-15H2,(H3,20,21,22);1H. The van der Waals surface area contributed by atoms with Crippen molar-refractivity contribution >= 4 is 29.9 Å². The average Bonchev–Trinajstić information content (AvgIpc) is 3.48. The summed E-state index contributed by atoms with van der Waals surface area (Å²) in [6.45, 7) is 7.02. The first-order valence-electron chi connectivity index (χ1n) is 9.36. The van der Waals surface area contributed by atoms with Gasteiger partial charge in [0, 0.05) is 25.2 Å². The van der Waals surface area contributed by atoms with Crippen molar-refractivity contribution in [3.8, 4) is 5.75 Å². The van der Waals surface area contributed by atoms with Gasteiger partial charge in [-0.25, -0.2) is 4.99 Å². The molecule has 1 aromatic carbocycles. The molecule has 0 spiro atoms. The van der Waals surface area contributed by atoms with Crippen LogP contribution in [-0.2, 0) is 11.3 Å². The van der Waals surface area contributed by atoms with Crippen LogP contribution in [0.2, 0.25) is 0 Å². The number of nitrogens with zero attached hydrogens (tertiary/aromatic N) is 2. The lowest BCUT2D eigenvalue weighted by molar-refractivity contribution is 0.0376. The number of rotatable bonds is 9. The lowest BCUT2D eigenvalue weighted by Gasteiger charge is -2.26. The summed E-state index contributed by atoms with van der Waals surface area (Å²) in [5.74, 6) is 2.17. The number of nitrogens with one attached hydrogen (secondary N) is 1. The number of morpholine rings is 1. The Labute approximate surface area is 173 Å². The predicted octanol–water partition coefficient (Wildman–Crippen LogP) is 2.22. The van der Waals surface area contributed by atoms with Crippen LogP contribution in [0, 0.1) is 5.92 Å². The van der Waals surface area contributed by atoms with E-state index in [-0.39, 0.29) is 24.0 Å². The first-order chi connectivity index (χ1) is 12.3. The number of hydrogen-bond donors (Lipinski definition) is 2. The molecule has 0 atom stereocenters. The molecule has 26 heavy (non-hydrogen) atoms. The van der Waals surface area contributed by atoms with Crippen molar-refractivity contribution in [2.24, 2.45) is 16.6 Å². The summed E-state index contributed by atoms with van der Waals surface area (Å²) < 4.78 is 11.3. The predicted molar refractivity (Wildman–Crippen MR) is 115 cm³/mol. The summed E-state index contributed by atoms with van der Waals surface area (Å²) in [4.78, 5) is 6.87. The molecule has 1 heterocycles. The fraction of sp³-hybridized carbons (Fsp3) is 0.632. The van der Waals surface area contributed by atoms with E-state index >= 15 is 0 Å². The third kappa shape index (κ3) is 7.67. The first kappa shape index (κ1) is 21.2. The van der Waals surface area contributed by atoms with Gasteiger partial charge in [-0.05, 0) is 37.8 Å². The van der Waals surface area contributed by atoms with Crippen molar-refractivity contribution in [2.45, 2.75) is 25.8 Å². The molecular weight excluding hydrogens is 443 g/mol. The Kier molecular flexibility index (Phi) is 9.49. The Morgan fingerprint density at radius 2 is 2.04 bits per heavy atom. The molecule has 0 bridgehead atoms. The second kappa shape index (κ2) is 11.6. The molecule has 0 aromatic heterocycles. The highest BCUT2D eigenvalue weighted by Gasteiger charge is 2.22. The van der Waals surface area contributed by atoms with Crippen LogP contribution >= 0.6 is 24.0 Å². The van der Waals surface area contributed by atoms with Crippen LogP contribution in [0.25, 0.3) is 0 Å². The van der Waals surface area contributed by atoms with E-state index in [1.807, 2.05) is 18.2 Å². The summed E-state index contributed by atoms with van der Waals surface area (Å²) in [7, 11) is 0. The van der Waals surface area contributed by atoms with Crippen molar-refractivity contribution in [1.82, 2.24) is 10.2 Å². The Balaban J connectivity index is 0.00000243. The summed E-state index contributed by atoms with van der Waals surface area (Å²) >= 11 is 0. The number of nitrogens with two attached hydrogens (primary N) is 1. The molecule has 1 aromatic rings. The summed E-state index contributed by atoms with van der Waals surface area (Å²) in [6.07, 6.45) is 3.64. The van der Waals surface area contributed by atoms with E-state index < -0.39 is 0 Å². The maximum Gasteiger partial charge on any atom is 0.188 e. The van der Waals surface area contributed by atoms with Crippen molar-refractivity contribution < 1.29 is 9.47 Å². The molecule has 7 heteroatoms. The highest BCUT2D eigenvalue weighted by molar-refractivity contribution is 14.0. The minimum absolute atomic E-state index is 0. The Morgan fingerprint density at radius 1 is 1.27 bits per heavy atom. The van der Waals surface area contributed by atoms with Gasteiger partial charge in [-0.2, -0.15) is 0 Å². The van der Waals surface area contributed by atoms with E-state index in [9.17, 15) is 0 Å². The lowest BCUT2D eigenvalue weighted by atomic mass is 10.2. The first-order valence-corrected chi connectivity index (χ1v) is 9.36. The highest BCUT2D eigenvalue weighted by atomic mass is 127. The highest BCUT2D eigenvalue weighted by Crippen LogP contribution is 2.30. The molecule has 6 nitrogen and oxygen atoms in total. The van der Waals surface area contributed by atoms with Crippen molar-refractivity contribution in [3.63, 3.8) is 0 Å². The van der Waals surface area contributed by atoms with Crippen LogP contribution in [-0.4, -0.2) is 56.9 Å². The molecule has 146 valence electrons. The van der Waals surface area contributed by atoms with Crippen LogP contribution in [0.15, 0.2) is 29.3 Å². The number of hydrogen-bond acceptors (Lipinski definition) is 4. The molecular formula is C19H31IN4O2. The van der Waals surface area contributed by atoms with E-state index in [2.05, 4.69) is 21.3 Å². The van der Waals surface area contributed by atoms with Gasteiger partial charge in [-0.3, -0.25) is 4.90 Å². The molecule has 0 unspecified atom stereocenters. The van der Waals surface area contributed by atoms with Crippen molar-refractivity contribution in [1.29, 1.82) is 0 Å². The normalized spacial score (nSPS) is 18.2. The number of guanidine groups is 1. The second-order valence-electron chi connectivity index (χ2n) is 6.80. The smallest absolute Gasteiger partial charge is 0.188 e. The molecule has 2 fully saturated rings. The van der Waals surface area contributed by atoms with Crippen LogP contribution in [0.3, 0.4) is 0 Å². The van der Waals surface area contributed by atoms with E-state index in [0.29, 0.717) is 12.5 Å². The number of aliphatic imine (C=N–C) groups is 1. The molecule has 0 amide bonds. The van der Waals surface area contributed by atoms with Gasteiger partial charge in [-0.1, -0.05) is 18.2 Å². The third-order valence-corrected chi connectivity index (χ3v) is 4.62. The van der Waals surface area contributed by atoms with Gasteiger partial charge in [0.25, 0.3) is 0 Å². The van der Waals surface area contributed by atoms with E-state index in [1.54, 1.807) is 0 Å². The molecule has 1 saturated heterocycles. The second-order valence-corrected chi connectivity index (χ2v) is 6.80. The van der Waals surface area contributed by atoms with Crippen LogP contribution in [0.4, 0.5) is 0 Å². The fourth-order valence-corrected chi connectivity index (χ4v) is 2.84. The lowest BCUT2D eigenvalue weighted by Crippen LogP contribution is -2.39. The molecule has 1 saturated carbocycles. The van der Waals surface area contributed by atoms with Crippen molar-refractivity contribution in [2.75, 3.05) is 46.0 Å². The molecule has 1 aliphatic heterocycles. The van der Waals surface area contributed by atoms with Gasteiger partial charge in [0.05, 0.1) is 26.4 Å². The SMILES string of the molecule is I.NC(=NCc1ccccc1OCC1CC1)NCCCN1CCOCC1. The van der Waals surface area contributed by atoms with E-state index in [1.165, 1.54) is 12.8 Å². The molecule has 2 aliphatic rings. The Morgan fingerprint density at radius 3 is 2.81 bits per heavy atom. The van der Waals surface area contributed by atoms with E-state index in [4.69, 9.17) is 15.2 Å².